The van der Waals surface area contributed by atoms with E-state index in [1.54, 1.807) is 0 Å². The molecule has 1 amide bonds. The topological polar surface area (TPSA) is 58.1 Å². The largest absolute Gasteiger partial charge is 0.360 e. The molecule has 1 aromatic heterocycles. The SMILES string of the molecule is CC[C@@H](C)CCCNc1nnc(SCC(=O)N2CCc3ccccc32)s1. The molecule has 3 rings (SSSR count). The molecule has 7 heteroatoms. The average molecular weight is 391 g/mol. The molecule has 1 N–H and O–H groups in total. The van der Waals surface area contributed by atoms with Crippen LogP contribution in [0.4, 0.5) is 10.8 Å². The zero-order valence-corrected chi connectivity index (χ0v) is 17.0. The lowest BCUT2D eigenvalue weighted by molar-refractivity contribution is -0.116. The van der Waals surface area contributed by atoms with Crippen LogP contribution in [0.1, 0.15) is 38.7 Å². The summed E-state index contributed by atoms with van der Waals surface area (Å²) in [5, 5.41) is 12.5. The molecular weight excluding hydrogens is 364 g/mol. The first-order valence-electron chi connectivity index (χ1n) is 9.25. The molecule has 0 saturated heterocycles. The first kappa shape index (κ1) is 19.2. The summed E-state index contributed by atoms with van der Waals surface area (Å²) in [6.07, 6.45) is 4.55. The van der Waals surface area contributed by atoms with E-state index in [-0.39, 0.29) is 5.91 Å². The van der Waals surface area contributed by atoms with Crippen molar-refractivity contribution in [3.63, 3.8) is 0 Å². The summed E-state index contributed by atoms with van der Waals surface area (Å²) in [6, 6.07) is 8.14. The number of hydrogen-bond acceptors (Lipinski definition) is 6. The van der Waals surface area contributed by atoms with E-state index in [1.165, 1.54) is 41.5 Å². The fourth-order valence-electron chi connectivity index (χ4n) is 2.99. The van der Waals surface area contributed by atoms with E-state index >= 15 is 0 Å². The molecule has 1 aliphatic heterocycles. The molecule has 26 heavy (non-hydrogen) atoms. The second-order valence-corrected chi connectivity index (χ2v) is 8.87. The van der Waals surface area contributed by atoms with E-state index in [9.17, 15) is 4.79 Å². The Balaban J connectivity index is 1.43. The molecule has 1 aromatic carbocycles. The van der Waals surface area contributed by atoms with Crippen molar-refractivity contribution in [2.75, 3.05) is 29.1 Å². The smallest absolute Gasteiger partial charge is 0.237 e. The Morgan fingerprint density at radius 2 is 2.23 bits per heavy atom. The quantitative estimate of drug-likeness (QED) is 0.506. The molecule has 2 heterocycles. The van der Waals surface area contributed by atoms with Crippen LogP contribution in [0.2, 0.25) is 0 Å². The number of anilines is 2. The van der Waals surface area contributed by atoms with Gasteiger partial charge in [-0.05, 0) is 36.8 Å². The summed E-state index contributed by atoms with van der Waals surface area (Å²) in [5.74, 6) is 1.31. The van der Waals surface area contributed by atoms with Crippen LogP contribution in [0.25, 0.3) is 0 Å². The maximum Gasteiger partial charge on any atom is 0.237 e. The zero-order valence-electron chi connectivity index (χ0n) is 15.4. The van der Waals surface area contributed by atoms with Crippen molar-refractivity contribution >= 4 is 39.8 Å². The third kappa shape index (κ3) is 4.98. The fourth-order valence-corrected chi connectivity index (χ4v) is 4.64. The number of carbonyl (C=O) groups is 1. The van der Waals surface area contributed by atoms with E-state index in [2.05, 4.69) is 35.4 Å². The van der Waals surface area contributed by atoms with E-state index in [4.69, 9.17) is 0 Å². The van der Waals surface area contributed by atoms with Gasteiger partial charge in [0.15, 0.2) is 4.34 Å². The lowest BCUT2D eigenvalue weighted by atomic mass is 10.0. The van der Waals surface area contributed by atoms with Gasteiger partial charge in [-0.3, -0.25) is 4.79 Å². The summed E-state index contributed by atoms with van der Waals surface area (Å²) in [4.78, 5) is 14.4. The second-order valence-electron chi connectivity index (χ2n) is 6.67. The summed E-state index contributed by atoms with van der Waals surface area (Å²) >= 11 is 3.00. The zero-order chi connectivity index (χ0) is 18.4. The van der Waals surface area contributed by atoms with Crippen LogP contribution < -0.4 is 10.2 Å². The van der Waals surface area contributed by atoms with Crippen molar-refractivity contribution in [3.8, 4) is 0 Å². The molecule has 0 fully saturated rings. The Kier molecular flexibility index (Phi) is 6.91. The molecule has 1 aliphatic rings. The van der Waals surface area contributed by atoms with Gasteiger partial charge in [0.2, 0.25) is 11.0 Å². The van der Waals surface area contributed by atoms with Crippen LogP contribution in [0, 0.1) is 5.92 Å². The Hall–Kier alpha value is -1.60. The first-order valence-corrected chi connectivity index (χ1v) is 11.1. The normalized spacial score (nSPS) is 14.3. The van der Waals surface area contributed by atoms with Gasteiger partial charge in [0.1, 0.15) is 0 Å². The van der Waals surface area contributed by atoms with Crippen LogP contribution in [-0.4, -0.2) is 34.9 Å². The van der Waals surface area contributed by atoms with Crippen LogP contribution in [0.15, 0.2) is 28.6 Å². The number of nitrogens with zero attached hydrogens (tertiary/aromatic N) is 3. The number of rotatable bonds is 9. The Labute approximate surface area is 163 Å². The molecule has 0 unspecified atom stereocenters. The van der Waals surface area contributed by atoms with Crippen LogP contribution in [0.3, 0.4) is 0 Å². The predicted octanol–water partition coefficient (Wildman–Crippen LogP) is 4.46. The molecule has 0 radical (unpaired) electrons. The summed E-state index contributed by atoms with van der Waals surface area (Å²) in [7, 11) is 0. The third-order valence-electron chi connectivity index (χ3n) is 4.76. The summed E-state index contributed by atoms with van der Waals surface area (Å²) in [6.45, 7) is 6.22. The fraction of sp³-hybridized carbons (Fsp3) is 0.526. The molecule has 0 spiro atoms. The maximum absolute atomic E-state index is 12.5. The van der Waals surface area contributed by atoms with Crippen molar-refractivity contribution in [3.05, 3.63) is 29.8 Å². The minimum atomic E-state index is 0.137. The van der Waals surface area contributed by atoms with Gasteiger partial charge in [-0.25, -0.2) is 0 Å². The highest BCUT2D eigenvalue weighted by Gasteiger charge is 2.24. The number of aromatic nitrogens is 2. The summed E-state index contributed by atoms with van der Waals surface area (Å²) in [5.41, 5.74) is 2.31. The van der Waals surface area contributed by atoms with Gasteiger partial charge in [-0.15, -0.1) is 10.2 Å². The van der Waals surface area contributed by atoms with Crippen molar-refractivity contribution in [1.82, 2.24) is 10.2 Å². The Bertz CT molecular complexity index is 734. The van der Waals surface area contributed by atoms with Crippen molar-refractivity contribution in [2.45, 2.75) is 43.9 Å². The number of fused-ring (bicyclic) bond motifs is 1. The number of carbonyl (C=O) groups excluding carboxylic acids is 1. The maximum atomic E-state index is 12.5. The predicted molar refractivity (Wildman–Crippen MR) is 110 cm³/mol. The van der Waals surface area contributed by atoms with Crippen molar-refractivity contribution in [1.29, 1.82) is 0 Å². The first-order chi connectivity index (χ1) is 12.7. The Morgan fingerprint density at radius 3 is 3.08 bits per heavy atom. The highest BCUT2D eigenvalue weighted by Crippen LogP contribution is 2.30. The van der Waals surface area contributed by atoms with Gasteiger partial charge in [0.05, 0.1) is 5.75 Å². The number of benzene rings is 1. The number of amides is 1. The highest BCUT2D eigenvalue weighted by atomic mass is 32.2. The lowest BCUT2D eigenvalue weighted by Crippen LogP contribution is -2.30. The van der Waals surface area contributed by atoms with E-state index in [0.29, 0.717) is 5.75 Å². The number of para-hydroxylation sites is 1. The van der Waals surface area contributed by atoms with Crippen LogP contribution in [-0.2, 0) is 11.2 Å². The monoisotopic (exact) mass is 390 g/mol. The molecule has 0 aliphatic carbocycles. The second kappa shape index (κ2) is 9.37. The minimum absolute atomic E-state index is 0.137. The van der Waals surface area contributed by atoms with Crippen LogP contribution >= 0.6 is 23.1 Å². The van der Waals surface area contributed by atoms with Crippen LogP contribution in [0.5, 0.6) is 0 Å². The van der Waals surface area contributed by atoms with Crippen molar-refractivity contribution < 1.29 is 4.79 Å². The van der Waals surface area contributed by atoms with Gasteiger partial charge in [-0.1, -0.05) is 61.6 Å². The van der Waals surface area contributed by atoms with Gasteiger partial charge in [0, 0.05) is 18.8 Å². The Morgan fingerprint density at radius 1 is 1.38 bits per heavy atom. The number of thioether (sulfide) groups is 1. The molecule has 1 atom stereocenters. The van der Waals surface area contributed by atoms with Gasteiger partial charge in [-0.2, -0.15) is 0 Å². The van der Waals surface area contributed by atoms with E-state index in [1.807, 2.05) is 23.1 Å². The number of hydrogen-bond donors (Lipinski definition) is 1. The highest BCUT2D eigenvalue weighted by molar-refractivity contribution is 8.01. The lowest BCUT2D eigenvalue weighted by Gasteiger charge is -2.16. The third-order valence-corrected chi connectivity index (χ3v) is 6.76. The van der Waals surface area contributed by atoms with Gasteiger partial charge < -0.3 is 10.2 Å². The van der Waals surface area contributed by atoms with E-state index in [0.717, 1.165) is 47.0 Å². The molecular formula is C19H26N4OS2. The van der Waals surface area contributed by atoms with Gasteiger partial charge in [0.25, 0.3) is 0 Å². The number of nitrogens with one attached hydrogen (secondary N) is 1. The standard InChI is InChI=1S/C19H26N4OS2/c1-3-14(2)7-6-11-20-18-21-22-19(26-18)25-13-17(24)23-12-10-15-8-4-5-9-16(15)23/h4-5,8-9,14H,3,6-7,10-13H2,1-2H3,(H,20,21)/t14-/m1/s1. The van der Waals surface area contributed by atoms with E-state index < -0.39 is 0 Å². The van der Waals surface area contributed by atoms with Gasteiger partial charge >= 0.3 is 0 Å². The van der Waals surface area contributed by atoms with Crippen molar-refractivity contribution in [2.24, 2.45) is 5.92 Å². The molecule has 140 valence electrons. The minimum Gasteiger partial charge on any atom is -0.360 e. The molecule has 2 aromatic rings. The average Bonchev–Trinajstić information content (AvgIpc) is 3.30. The molecule has 5 nitrogen and oxygen atoms in total. The molecule has 0 saturated carbocycles. The molecule has 0 bridgehead atoms. The summed E-state index contributed by atoms with van der Waals surface area (Å²) < 4.78 is 0.843.